The van der Waals surface area contributed by atoms with Crippen LogP contribution in [0, 0.1) is 0 Å². The molecule has 0 saturated carbocycles. The molecule has 0 aliphatic carbocycles. The Morgan fingerprint density at radius 3 is 2.69 bits per heavy atom. The van der Waals surface area contributed by atoms with Crippen LogP contribution in [0.3, 0.4) is 0 Å². The Morgan fingerprint density at radius 1 is 1.31 bits per heavy atom. The lowest BCUT2D eigenvalue weighted by molar-refractivity contribution is 0.211. The average molecular weight is 267 g/mol. The van der Waals surface area contributed by atoms with Crippen LogP contribution in [0.15, 0.2) is 18.2 Å². The van der Waals surface area contributed by atoms with E-state index in [0.29, 0.717) is 11.8 Å². The summed E-state index contributed by atoms with van der Waals surface area (Å²) in [5.41, 5.74) is 0. The first-order valence-electron chi connectivity index (χ1n) is 4.77. The van der Waals surface area contributed by atoms with Crippen molar-refractivity contribution in [2.45, 2.75) is 12.5 Å². The third-order valence-electron chi connectivity index (χ3n) is 2.21. The second-order valence-corrected chi connectivity index (χ2v) is 3.25. The molecule has 16 heavy (non-hydrogen) atoms. The predicted molar refractivity (Wildman–Crippen MR) is 67.2 cm³/mol. The molecule has 1 N–H and O–H groups in total. The van der Waals surface area contributed by atoms with Crippen LogP contribution in [-0.2, 0) is 0 Å². The molecule has 4 nitrogen and oxygen atoms in total. The van der Waals surface area contributed by atoms with Gasteiger partial charge in [-0.25, -0.2) is 0 Å². The highest BCUT2D eigenvalue weighted by Gasteiger charge is 2.16. The Kier molecular flexibility index (Phi) is 7.21. The van der Waals surface area contributed by atoms with E-state index in [1.807, 2.05) is 12.1 Å². The Bertz CT molecular complexity index is 307. The van der Waals surface area contributed by atoms with Gasteiger partial charge in [-0.2, -0.15) is 4.98 Å². The first kappa shape index (κ1) is 15.3. The maximum atomic E-state index is 5.66. The molecular weight excluding hydrogens is 251 g/mol. The molecule has 1 fully saturated rings. The van der Waals surface area contributed by atoms with Gasteiger partial charge < -0.3 is 14.8 Å². The normalized spacial score (nSPS) is 18.2. The lowest BCUT2D eigenvalue weighted by atomic mass is 10.3. The summed E-state index contributed by atoms with van der Waals surface area (Å²) in [6.07, 6.45) is 1.29. The Morgan fingerprint density at radius 2 is 2.06 bits per heavy atom. The van der Waals surface area contributed by atoms with Gasteiger partial charge in [0.05, 0.1) is 7.11 Å². The van der Waals surface area contributed by atoms with E-state index in [0.717, 1.165) is 19.5 Å². The molecule has 1 aliphatic heterocycles. The molecular formula is C10H16Cl2N2O2. The number of hydrogen-bond acceptors (Lipinski definition) is 4. The van der Waals surface area contributed by atoms with Crippen LogP contribution in [0.4, 0.5) is 0 Å². The van der Waals surface area contributed by atoms with Crippen LogP contribution in [0.1, 0.15) is 6.42 Å². The molecule has 2 rings (SSSR count). The summed E-state index contributed by atoms with van der Waals surface area (Å²) in [4.78, 5) is 4.18. The van der Waals surface area contributed by atoms with Gasteiger partial charge in [0.25, 0.3) is 0 Å². The molecule has 1 aromatic heterocycles. The molecule has 92 valence electrons. The van der Waals surface area contributed by atoms with Crippen LogP contribution in [0.2, 0.25) is 0 Å². The number of aromatic nitrogens is 1. The molecule has 0 amide bonds. The summed E-state index contributed by atoms with van der Waals surface area (Å²) >= 11 is 0. The van der Waals surface area contributed by atoms with E-state index in [-0.39, 0.29) is 30.9 Å². The topological polar surface area (TPSA) is 43.4 Å². The third kappa shape index (κ3) is 4.04. The summed E-state index contributed by atoms with van der Waals surface area (Å²) in [7, 11) is 1.60. The van der Waals surface area contributed by atoms with Gasteiger partial charge >= 0.3 is 0 Å². The van der Waals surface area contributed by atoms with Crippen molar-refractivity contribution in [3.8, 4) is 11.8 Å². The van der Waals surface area contributed by atoms with Crippen molar-refractivity contribution in [2.24, 2.45) is 0 Å². The van der Waals surface area contributed by atoms with Crippen molar-refractivity contribution in [1.82, 2.24) is 10.3 Å². The van der Waals surface area contributed by atoms with Crippen molar-refractivity contribution in [1.29, 1.82) is 0 Å². The van der Waals surface area contributed by atoms with E-state index in [9.17, 15) is 0 Å². The Hall–Kier alpha value is -0.710. The van der Waals surface area contributed by atoms with E-state index in [4.69, 9.17) is 9.47 Å². The molecule has 0 aromatic carbocycles. The van der Waals surface area contributed by atoms with E-state index in [2.05, 4.69) is 10.3 Å². The van der Waals surface area contributed by atoms with Gasteiger partial charge in [0.15, 0.2) is 0 Å². The third-order valence-corrected chi connectivity index (χ3v) is 2.21. The minimum atomic E-state index is 0. The zero-order valence-corrected chi connectivity index (χ0v) is 10.6. The maximum absolute atomic E-state index is 5.66. The van der Waals surface area contributed by atoms with Crippen molar-refractivity contribution in [2.75, 3.05) is 20.2 Å². The first-order valence-corrected chi connectivity index (χ1v) is 4.77. The van der Waals surface area contributed by atoms with E-state index in [1.54, 1.807) is 13.2 Å². The number of pyridine rings is 1. The highest BCUT2D eigenvalue weighted by Crippen LogP contribution is 2.15. The van der Waals surface area contributed by atoms with Gasteiger partial charge in [-0.3, -0.25) is 0 Å². The van der Waals surface area contributed by atoms with Crippen LogP contribution < -0.4 is 14.8 Å². The SMILES string of the molecule is COc1cccc(OC2CCNC2)n1.Cl.Cl. The summed E-state index contributed by atoms with van der Waals surface area (Å²) in [6.45, 7) is 1.92. The highest BCUT2D eigenvalue weighted by molar-refractivity contribution is 5.85. The number of nitrogens with one attached hydrogen (secondary N) is 1. The van der Waals surface area contributed by atoms with Gasteiger partial charge in [0, 0.05) is 18.7 Å². The molecule has 0 radical (unpaired) electrons. The highest BCUT2D eigenvalue weighted by atomic mass is 35.5. The predicted octanol–water partition coefficient (Wildman–Crippen LogP) is 1.67. The molecule has 1 aliphatic rings. The van der Waals surface area contributed by atoms with Crippen molar-refractivity contribution in [3.05, 3.63) is 18.2 Å². The number of rotatable bonds is 3. The largest absolute Gasteiger partial charge is 0.481 e. The van der Waals surface area contributed by atoms with Gasteiger partial charge in [0.1, 0.15) is 6.10 Å². The molecule has 1 saturated heterocycles. The number of methoxy groups -OCH3 is 1. The summed E-state index contributed by atoms with van der Waals surface area (Å²) < 4.78 is 10.7. The maximum Gasteiger partial charge on any atom is 0.216 e. The summed E-state index contributed by atoms with van der Waals surface area (Å²) in [5, 5.41) is 3.24. The molecule has 6 heteroatoms. The molecule has 1 atom stereocenters. The van der Waals surface area contributed by atoms with E-state index >= 15 is 0 Å². The van der Waals surface area contributed by atoms with Crippen LogP contribution in [-0.4, -0.2) is 31.3 Å². The fourth-order valence-electron chi connectivity index (χ4n) is 1.47. The van der Waals surface area contributed by atoms with E-state index < -0.39 is 0 Å². The standard InChI is InChI=1S/C10H14N2O2.2ClH/c1-13-9-3-2-4-10(12-9)14-8-5-6-11-7-8;;/h2-4,8,11H,5-7H2,1H3;2*1H. The van der Waals surface area contributed by atoms with Crippen molar-refractivity contribution in [3.63, 3.8) is 0 Å². The monoisotopic (exact) mass is 266 g/mol. The zero-order valence-electron chi connectivity index (χ0n) is 9.01. The first-order chi connectivity index (χ1) is 6.88. The van der Waals surface area contributed by atoms with Crippen molar-refractivity contribution >= 4 is 24.8 Å². The molecule has 2 heterocycles. The molecule has 0 spiro atoms. The summed E-state index contributed by atoms with van der Waals surface area (Å²) in [5.74, 6) is 1.23. The molecule has 0 bridgehead atoms. The fraction of sp³-hybridized carbons (Fsp3) is 0.500. The van der Waals surface area contributed by atoms with Gasteiger partial charge in [-0.1, -0.05) is 6.07 Å². The number of hydrogen-bond donors (Lipinski definition) is 1. The molecule has 1 unspecified atom stereocenters. The van der Waals surface area contributed by atoms with Gasteiger partial charge in [0.2, 0.25) is 11.8 Å². The molecule has 1 aromatic rings. The minimum absolute atomic E-state index is 0. The van der Waals surface area contributed by atoms with Crippen LogP contribution >= 0.6 is 24.8 Å². The number of halogens is 2. The Balaban J connectivity index is 0.00000112. The number of nitrogens with zero attached hydrogens (tertiary/aromatic N) is 1. The second kappa shape index (κ2) is 7.54. The quantitative estimate of drug-likeness (QED) is 0.904. The lowest BCUT2D eigenvalue weighted by Gasteiger charge is -2.11. The lowest BCUT2D eigenvalue weighted by Crippen LogP contribution is -2.20. The van der Waals surface area contributed by atoms with Gasteiger partial charge in [-0.15, -0.1) is 24.8 Å². The van der Waals surface area contributed by atoms with Crippen molar-refractivity contribution < 1.29 is 9.47 Å². The second-order valence-electron chi connectivity index (χ2n) is 3.25. The van der Waals surface area contributed by atoms with Crippen LogP contribution in [0.25, 0.3) is 0 Å². The van der Waals surface area contributed by atoms with E-state index in [1.165, 1.54) is 0 Å². The Labute approximate surface area is 108 Å². The van der Waals surface area contributed by atoms with Gasteiger partial charge in [-0.05, 0) is 13.0 Å². The minimum Gasteiger partial charge on any atom is -0.481 e. The number of ether oxygens (including phenoxy) is 2. The summed E-state index contributed by atoms with van der Waals surface area (Å²) in [6, 6.07) is 5.53. The smallest absolute Gasteiger partial charge is 0.216 e. The zero-order chi connectivity index (χ0) is 9.80. The van der Waals surface area contributed by atoms with Crippen LogP contribution in [0.5, 0.6) is 11.8 Å². The average Bonchev–Trinajstić information content (AvgIpc) is 2.71. The fourth-order valence-corrected chi connectivity index (χ4v) is 1.47.